The zero-order valence-corrected chi connectivity index (χ0v) is 17.6. The first-order chi connectivity index (χ1) is 11.4. The smallest absolute Gasteiger partial charge is 0.213 e. The fraction of sp³-hybridized carbons (Fsp3) is 0.368. The second-order valence-corrected chi connectivity index (χ2v) is 6.60. The van der Waals surface area contributed by atoms with E-state index in [4.69, 9.17) is 10.5 Å². The minimum absolute atomic E-state index is 0. The molecule has 0 saturated heterocycles. The van der Waals surface area contributed by atoms with Gasteiger partial charge in [0, 0.05) is 18.0 Å². The number of benzene rings is 1. The van der Waals surface area contributed by atoms with Crippen molar-refractivity contribution in [3.8, 4) is 5.88 Å². The van der Waals surface area contributed by atoms with E-state index in [1.54, 1.807) is 6.20 Å². The second kappa shape index (κ2) is 9.60. The van der Waals surface area contributed by atoms with Gasteiger partial charge < -0.3 is 15.8 Å². The molecular formula is C19H27IN4O. The van der Waals surface area contributed by atoms with Crippen molar-refractivity contribution in [3.63, 3.8) is 0 Å². The number of nitrogens with one attached hydrogen (secondary N) is 1. The van der Waals surface area contributed by atoms with Gasteiger partial charge in [-0.2, -0.15) is 0 Å². The Hall–Kier alpha value is -1.83. The molecule has 0 bridgehead atoms. The lowest BCUT2D eigenvalue weighted by atomic mass is 10.1. The number of aliphatic imine (C=N–C) groups is 1. The lowest BCUT2D eigenvalue weighted by Crippen LogP contribution is -2.23. The van der Waals surface area contributed by atoms with E-state index in [2.05, 4.69) is 34.3 Å². The van der Waals surface area contributed by atoms with Crippen molar-refractivity contribution >= 4 is 35.6 Å². The molecule has 0 amide bonds. The molecule has 25 heavy (non-hydrogen) atoms. The van der Waals surface area contributed by atoms with Gasteiger partial charge >= 0.3 is 0 Å². The van der Waals surface area contributed by atoms with Gasteiger partial charge in [-0.25, -0.2) is 9.98 Å². The topological polar surface area (TPSA) is 72.5 Å². The van der Waals surface area contributed by atoms with Gasteiger partial charge in [-0.05, 0) is 50.5 Å². The third-order valence-corrected chi connectivity index (χ3v) is 3.25. The molecule has 1 aromatic carbocycles. The quantitative estimate of drug-likeness (QED) is 0.400. The molecule has 3 N–H and O–H groups in total. The number of hydrogen-bond donors (Lipinski definition) is 2. The molecule has 2 rings (SSSR count). The van der Waals surface area contributed by atoms with Gasteiger partial charge in [0.05, 0.1) is 6.54 Å². The molecule has 0 aliphatic rings. The summed E-state index contributed by atoms with van der Waals surface area (Å²) in [6, 6.07) is 11.9. The van der Waals surface area contributed by atoms with Gasteiger partial charge in [0.15, 0.2) is 5.96 Å². The Balaban J connectivity index is 0.00000312. The average Bonchev–Trinajstić information content (AvgIpc) is 2.53. The summed E-state index contributed by atoms with van der Waals surface area (Å²) in [5, 5.41) is 3.11. The highest BCUT2D eigenvalue weighted by Crippen LogP contribution is 2.15. The molecule has 0 saturated carbocycles. The molecule has 5 nitrogen and oxygen atoms in total. The van der Waals surface area contributed by atoms with Crippen LogP contribution in [0.3, 0.4) is 0 Å². The SMILES string of the molecule is CCc1cccc(NC(N)=NCc2ccc(OC(C)(C)C)nc2)c1.I. The number of aryl methyl sites for hydroxylation is 1. The van der Waals surface area contributed by atoms with Crippen LogP contribution in [0.4, 0.5) is 5.69 Å². The van der Waals surface area contributed by atoms with Crippen LogP contribution in [-0.4, -0.2) is 16.5 Å². The predicted molar refractivity (Wildman–Crippen MR) is 115 cm³/mol. The Labute approximate surface area is 167 Å². The molecule has 0 atom stereocenters. The molecule has 0 radical (unpaired) electrons. The molecule has 0 aliphatic carbocycles. The van der Waals surface area contributed by atoms with E-state index < -0.39 is 0 Å². The van der Waals surface area contributed by atoms with E-state index >= 15 is 0 Å². The number of nitrogens with zero attached hydrogens (tertiary/aromatic N) is 2. The van der Waals surface area contributed by atoms with Gasteiger partial charge in [0.1, 0.15) is 5.60 Å². The molecule has 1 aromatic heterocycles. The Bertz CT molecular complexity index is 693. The monoisotopic (exact) mass is 454 g/mol. The first-order valence-electron chi connectivity index (χ1n) is 8.15. The van der Waals surface area contributed by atoms with Crippen molar-refractivity contribution in [2.75, 3.05) is 5.32 Å². The van der Waals surface area contributed by atoms with Gasteiger partial charge in [0.25, 0.3) is 0 Å². The predicted octanol–water partition coefficient (Wildman–Crippen LogP) is 4.37. The van der Waals surface area contributed by atoms with Crippen molar-refractivity contribution in [1.29, 1.82) is 0 Å². The Morgan fingerprint density at radius 2 is 1.96 bits per heavy atom. The van der Waals surface area contributed by atoms with Crippen LogP contribution in [0, 0.1) is 0 Å². The minimum Gasteiger partial charge on any atom is -0.472 e. The number of ether oxygens (including phenoxy) is 1. The van der Waals surface area contributed by atoms with Crippen LogP contribution in [0.5, 0.6) is 5.88 Å². The maximum Gasteiger partial charge on any atom is 0.213 e. The number of rotatable bonds is 5. The molecule has 0 aliphatic heterocycles. The maximum absolute atomic E-state index is 5.95. The highest BCUT2D eigenvalue weighted by molar-refractivity contribution is 14.0. The molecule has 0 unspecified atom stereocenters. The van der Waals surface area contributed by atoms with Crippen LogP contribution in [0.15, 0.2) is 47.6 Å². The third-order valence-electron chi connectivity index (χ3n) is 3.25. The summed E-state index contributed by atoms with van der Waals surface area (Å²) < 4.78 is 5.70. The van der Waals surface area contributed by atoms with Crippen molar-refractivity contribution in [2.45, 2.75) is 46.3 Å². The van der Waals surface area contributed by atoms with E-state index in [1.807, 2.05) is 45.0 Å². The average molecular weight is 454 g/mol. The third kappa shape index (κ3) is 7.72. The summed E-state index contributed by atoms with van der Waals surface area (Å²) in [7, 11) is 0. The summed E-state index contributed by atoms with van der Waals surface area (Å²) in [4.78, 5) is 8.65. The van der Waals surface area contributed by atoms with Crippen LogP contribution in [0.25, 0.3) is 0 Å². The van der Waals surface area contributed by atoms with Crippen LogP contribution in [0.1, 0.15) is 38.8 Å². The Kier molecular flexibility index (Phi) is 8.15. The highest BCUT2D eigenvalue weighted by Gasteiger charge is 2.12. The van der Waals surface area contributed by atoms with E-state index in [-0.39, 0.29) is 29.6 Å². The molecule has 2 aromatic rings. The van der Waals surface area contributed by atoms with E-state index in [0.717, 1.165) is 17.7 Å². The van der Waals surface area contributed by atoms with Gasteiger partial charge in [-0.3, -0.25) is 0 Å². The number of aromatic nitrogens is 1. The van der Waals surface area contributed by atoms with Crippen molar-refractivity contribution in [3.05, 3.63) is 53.7 Å². The number of pyridine rings is 1. The maximum atomic E-state index is 5.95. The van der Waals surface area contributed by atoms with E-state index in [1.165, 1.54) is 5.56 Å². The van der Waals surface area contributed by atoms with Crippen LogP contribution < -0.4 is 15.8 Å². The number of nitrogens with two attached hydrogens (primary N) is 1. The molecule has 0 fully saturated rings. The first kappa shape index (κ1) is 21.2. The molecule has 136 valence electrons. The normalized spacial score (nSPS) is 11.6. The first-order valence-corrected chi connectivity index (χ1v) is 8.15. The van der Waals surface area contributed by atoms with Crippen LogP contribution in [-0.2, 0) is 13.0 Å². The second-order valence-electron chi connectivity index (χ2n) is 6.60. The van der Waals surface area contributed by atoms with Crippen LogP contribution in [0.2, 0.25) is 0 Å². The minimum atomic E-state index is -0.256. The van der Waals surface area contributed by atoms with Crippen LogP contribution >= 0.6 is 24.0 Å². The summed E-state index contributed by atoms with van der Waals surface area (Å²) in [6.45, 7) is 8.57. The fourth-order valence-corrected chi connectivity index (χ4v) is 2.11. The summed E-state index contributed by atoms with van der Waals surface area (Å²) in [5.74, 6) is 0.996. The summed E-state index contributed by atoms with van der Waals surface area (Å²) >= 11 is 0. The molecular weight excluding hydrogens is 427 g/mol. The highest BCUT2D eigenvalue weighted by atomic mass is 127. The number of anilines is 1. The summed E-state index contributed by atoms with van der Waals surface area (Å²) in [6.07, 6.45) is 2.75. The Morgan fingerprint density at radius 1 is 1.20 bits per heavy atom. The molecule has 6 heteroatoms. The molecule has 0 spiro atoms. The number of hydrogen-bond acceptors (Lipinski definition) is 3. The van der Waals surface area contributed by atoms with Crippen molar-refractivity contribution < 1.29 is 4.74 Å². The standard InChI is InChI=1S/C19H26N4O.HI/c1-5-14-7-6-8-16(11-14)23-18(20)22-13-15-9-10-17(21-12-15)24-19(2,3)4;/h6-12H,5,13H2,1-4H3,(H3,20,22,23);1H. The van der Waals surface area contributed by atoms with Gasteiger partial charge in [-0.1, -0.05) is 25.1 Å². The zero-order valence-electron chi connectivity index (χ0n) is 15.2. The lowest BCUT2D eigenvalue weighted by molar-refractivity contribution is 0.124. The summed E-state index contributed by atoms with van der Waals surface area (Å²) in [5.41, 5.74) is 8.87. The Morgan fingerprint density at radius 3 is 2.56 bits per heavy atom. The zero-order chi connectivity index (χ0) is 17.6. The van der Waals surface area contributed by atoms with E-state index in [0.29, 0.717) is 18.4 Å². The largest absolute Gasteiger partial charge is 0.472 e. The molecule has 1 heterocycles. The van der Waals surface area contributed by atoms with Crippen molar-refractivity contribution in [2.24, 2.45) is 10.7 Å². The van der Waals surface area contributed by atoms with Crippen molar-refractivity contribution in [1.82, 2.24) is 4.98 Å². The van der Waals surface area contributed by atoms with E-state index in [9.17, 15) is 0 Å². The number of halogens is 1. The lowest BCUT2D eigenvalue weighted by Gasteiger charge is -2.20. The van der Waals surface area contributed by atoms with Gasteiger partial charge in [-0.15, -0.1) is 24.0 Å². The van der Waals surface area contributed by atoms with Gasteiger partial charge in [0.2, 0.25) is 5.88 Å². The fourth-order valence-electron chi connectivity index (χ4n) is 2.11. The number of guanidine groups is 1.